The van der Waals surface area contributed by atoms with Crippen molar-refractivity contribution in [2.24, 2.45) is 4.99 Å². The summed E-state index contributed by atoms with van der Waals surface area (Å²) in [6.45, 7) is 3.83. The highest BCUT2D eigenvalue weighted by Crippen LogP contribution is 2.31. The van der Waals surface area contributed by atoms with Crippen molar-refractivity contribution in [3.63, 3.8) is 0 Å². The van der Waals surface area contributed by atoms with Crippen LogP contribution in [0.1, 0.15) is 30.5 Å². The van der Waals surface area contributed by atoms with Crippen LogP contribution in [0, 0.1) is 0 Å². The van der Waals surface area contributed by atoms with Crippen molar-refractivity contribution in [2.45, 2.75) is 25.8 Å². The van der Waals surface area contributed by atoms with Gasteiger partial charge in [0.05, 0.1) is 19.3 Å². The Bertz CT molecular complexity index is 822. The summed E-state index contributed by atoms with van der Waals surface area (Å²) in [7, 11) is 1.60. The average molecular weight is 367 g/mol. The van der Waals surface area contributed by atoms with Gasteiger partial charge in [-0.2, -0.15) is 0 Å². The number of guanidine groups is 1. The van der Waals surface area contributed by atoms with Gasteiger partial charge in [-0.05, 0) is 24.6 Å². The molecule has 0 saturated heterocycles. The zero-order valence-electron chi connectivity index (χ0n) is 15.7. The molecule has 27 heavy (non-hydrogen) atoms. The minimum Gasteiger partial charge on any atom is -0.481 e. The maximum absolute atomic E-state index is 12.0. The maximum Gasteiger partial charge on any atom is 0.225 e. The number of rotatable bonds is 6. The first-order valence-electron chi connectivity index (χ1n) is 9.10. The Kier molecular flexibility index (Phi) is 6.25. The van der Waals surface area contributed by atoms with E-state index in [0.717, 1.165) is 23.5 Å². The van der Waals surface area contributed by atoms with Crippen molar-refractivity contribution in [1.82, 2.24) is 15.6 Å². The molecule has 0 aliphatic carbocycles. The summed E-state index contributed by atoms with van der Waals surface area (Å²) in [4.78, 5) is 20.9. The van der Waals surface area contributed by atoms with E-state index in [4.69, 9.17) is 4.74 Å². The van der Waals surface area contributed by atoms with Crippen molar-refractivity contribution in [1.29, 1.82) is 0 Å². The normalized spacial score (nSPS) is 16.3. The fraction of sp³-hybridized carbons (Fsp3) is 0.350. The van der Waals surface area contributed by atoms with Crippen LogP contribution >= 0.6 is 0 Å². The standard InChI is InChI=1S/C20H25N5O2/c1-3-21-20(23-13-15-7-6-10-19(24-15)27-2)22-12-14-11-18(26)25-17-9-5-4-8-16(14)17/h4-10,14H,3,11-13H2,1-2H3,(H,25,26)(H2,21,22,23). The molecular formula is C20H25N5O2. The first-order valence-corrected chi connectivity index (χ1v) is 9.10. The van der Waals surface area contributed by atoms with E-state index in [1.165, 1.54) is 0 Å². The Morgan fingerprint density at radius 3 is 2.93 bits per heavy atom. The van der Waals surface area contributed by atoms with Crippen LogP contribution in [0.5, 0.6) is 5.88 Å². The maximum atomic E-state index is 12.0. The Morgan fingerprint density at radius 1 is 1.26 bits per heavy atom. The highest BCUT2D eigenvalue weighted by molar-refractivity contribution is 5.94. The summed E-state index contributed by atoms with van der Waals surface area (Å²) in [5, 5.41) is 9.51. The van der Waals surface area contributed by atoms with E-state index in [1.807, 2.05) is 43.3 Å². The molecule has 7 nitrogen and oxygen atoms in total. The van der Waals surface area contributed by atoms with E-state index < -0.39 is 0 Å². The molecule has 1 aromatic carbocycles. The van der Waals surface area contributed by atoms with Crippen LogP contribution in [0.4, 0.5) is 5.69 Å². The molecule has 1 aromatic heterocycles. The van der Waals surface area contributed by atoms with Crippen LogP contribution in [-0.2, 0) is 11.3 Å². The molecule has 7 heteroatoms. The number of hydrogen-bond donors (Lipinski definition) is 3. The van der Waals surface area contributed by atoms with Crippen molar-refractivity contribution >= 4 is 17.6 Å². The molecule has 1 atom stereocenters. The van der Waals surface area contributed by atoms with Crippen molar-refractivity contribution < 1.29 is 9.53 Å². The van der Waals surface area contributed by atoms with Crippen LogP contribution < -0.4 is 20.7 Å². The fourth-order valence-electron chi connectivity index (χ4n) is 3.06. The molecule has 3 N–H and O–H groups in total. The molecule has 2 aromatic rings. The monoisotopic (exact) mass is 367 g/mol. The van der Waals surface area contributed by atoms with Gasteiger partial charge in [-0.15, -0.1) is 0 Å². The first-order chi connectivity index (χ1) is 13.2. The number of amides is 1. The van der Waals surface area contributed by atoms with E-state index in [0.29, 0.717) is 31.3 Å². The van der Waals surface area contributed by atoms with E-state index >= 15 is 0 Å². The molecule has 0 fully saturated rings. The van der Waals surface area contributed by atoms with Gasteiger partial charge in [0.15, 0.2) is 5.96 Å². The minimum absolute atomic E-state index is 0.0445. The SMILES string of the molecule is CCNC(=NCc1cccc(OC)n1)NCC1CC(=O)Nc2ccccc21. The van der Waals surface area contributed by atoms with Gasteiger partial charge in [0.1, 0.15) is 0 Å². The van der Waals surface area contributed by atoms with Gasteiger partial charge in [0, 0.05) is 37.2 Å². The second kappa shape index (κ2) is 9.02. The molecule has 3 rings (SSSR count). The van der Waals surface area contributed by atoms with Gasteiger partial charge in [-0.25, -0.2) is 9.98 Å². The number of nitrogens with zero attached hydrogens (tertiary/aromatic N) is 2. The number of benzene rings is 1. The third-order valence-electron chi connectivity index (χ3n) is 4.36. The predicted octanol–water partition coefficient (Wildman–Crippen LogP) is 2.27. The number of aromatic nitrogens is 1. The second-order valence-electron chi connectivity index (χ2n) is 6.28. The zero-order valence-corrected chi connectivity index (χ0v) is 15.7. The van der Waals surface area contributed by atoms with Gasteiger partial charge in [-0.1, -0.05) is 24.3 Å². The number of aliphatic imine (C=N–C) groups is 1. The smallest absolute Gasteiger partial charge is 0.225 e. The summed E-state index contributed by atoms with van der Waals surface area (Å²) in [5.74, 6) is 1.42. The third kappa shape index (κ3) is 4.97. The first kappa shape index (κ1) is 18.7. The number of pyridine rings is 1. The van der Waals surface area contributed by atoms with Crippen LogP contribution in [0.3, 0.4) is 0 Å². The van der Waals surface area contributed by atoms with Gasteiger partial charge in [0.25, 0.3) is 0 Å². The van der Waals surface area contributed by atoms with Crippen molar-refractivity contribution in [2.75, 3.05) is 25.5 Å². The number of nitrogens with one attached hydrogen (secondary N) is 3. The van der Waals surface area contributed by atoms with Gasteiger partial charge >= 0.3 is 0 Å². The van der Waals surface area contributed by atoms with Gasteiger partial charge in [-0.3, -0.25) is 4.79 Å². The summed E-state index contributed by atoms with van der Waals surface area (Å²) < 4.78 is 5.15. The van der Waals surface area contributed by atoms with Crippen LogP contribution in [0.15, 0.2) is 47.5 Å². The number of anilines is 1. The Balaban J connectivity index is 1.67. The summed E-state index contributed by atoms with van der Waals surface area (Å²) in [6.07, 6.45) is 0.459. The number of ether oxygens (including phenoxy) is 1. The lowest BCUT2D eigenvalue weighted by atomic mass is 9.90. The lowest BCUT2D eigenvalue weighted by molar-refractivity contribution is -0.116. The molecule has 142 valence electrons. The van der Waals surface area contributed by atoms with E-state index in [2.05, 4.69) is 32.0 Å². The summed E-state index contributed by atoms with van der Waals surface area (Å²) >= 11 is 0. The quantitative estimate of drug-likeness (QED) is 0.538. The minimum atomic E-state index is 0.0445. The number of hydrogen-bond acceptors (Lipinski definition) is 4. The van der Waals surface area contributed by atoms with E-state index in [9.17, 15) is 4.79 Å². The molecule has 1 aliphatic rings. The number of carbonyl (C=O) groups is 1. The Labute approximate surface area is 159 Å². The summed E-state index contributed by atoms with van der Waals surface area (Å²) in [6, 6.07) is 13.5. The highest BCUT2D eigenvalue weighted by Gasteiger charge is 2.24. The highest BCUT2D eigenvalue weighted by atomic mass is 16.5. The number of fused-ring (bicyclic) bond motifs is 1. The zero-order chi connectivity index (χ0) is 19.1. The van der Waals surface area contributed by atoms with Crippen LogP contribution in [0.2, 0.25) is 0 Å². The molecule has 0 bridgehead atoms. The van der Waals surface area contributed by atoms with Gasteiger partial charge in [0.2, 0.25) is 11.8 Å². The fourth-order valence-corrected chi connectivity index (χ4v) is 3.06. The predicted molar refractivity (Wildman–Crippen MR) is 106 cm³/mol. The second-order valence-corrected chi connectivity index (χ2v) is 6.28. The third-order valence-corrected chi connectivity index (χ3v) is 4.36. The van der Waals surface area contributed by atoms with E-state index in [-0.39, 0.29) is 11.8 Å². The topological polar surface area (TPSA) is 87.6 Å². The Hall–Kier alpha value is -3.09. The lowest BCUT2D eigenvalue weighted by Crippen LogP contribution is -2.40. The molecule has 1 unspecified atom stereocenters. The summed E-state index contributed by atoms with van der Waals surface area (Å²) in [5.41, 5.74) is 2.87. The van der Waals surface area contributed by atoms with Crippen LogP contribution in [-0.4, -0.2) is 37.1 Å². The van der Waals surface area contributed by atoms with E-state index in [1.54, 1.807) is 7.11 Å². The molecule has 2 heterocycles. The molecule has 0 saturated carbocycles. The largest absolute Gasteiger partial charge is 0.481 e. The van der Waals surface area contributed by atoms with Crippen molar-refractivity contribution in [3.05, 3.63) is 53.7 Å². The van der Waals surface area contributed by atoms with Crippen LogP contribution in [0.25, 0.3) is 0 Å². The number of methoxy groups -OCH3 is 1. The molecular weight excluding hydrogens is 342 g/mol. The molecule has 1 aliphatic heterocycles. The van der Waals surface area contributed by atoms with Gasteiger partial charge < -0.3 is 20.7 Å². The lowest BCUT2D eigenvalue weighted by Gasteiger charge is -2.26. The molecule has 0 radical (unpaired) electrons. The molecule has 0 spiro atoms. The number of para-hydroxylation sites is 1. The number of carbonyl (C=O) groups excluding carboxylic acids is 1. The Morgan fingerprint density at radius 2 is 2.11 bits per heavy atom. The van der Waals surface area contributed by atoms with Crippen molar-refractivity contribution in [3.8, 4) is 5.88 Å². The average Bonchev–Trinajstić information content (AvgIpc) is 2.70. The molecule has 1 amide bonds.